The van der Waals surface area contributed by atoms with Crippen LogP contribution in [-0.2, 0) is 11.3 Å². The van der Waals surface area contributed by atoms with E-state index in [2.05, 4.69) is 36.1 Å². The molecule has 188 valence electrons. The third-order valence-electron chi connectivity index (χ3n) is 5.46. The first-order valence-corrected chi connectivity index (χ1v) is 12.4. The number of amides is 2. The molecular weight excluding hydrogens is 482 g/mol. The van der Waals surface area contributed by atoms with Crippen molar-refractivity contribution in [2.75, 3.05) is 53.6 Å². The van der Waals surface area contributed by atoms with E-state index in [1.165, 1.54) is 11.3 Å². The predicted octanol–water partition coefficient (Wildman–Crippen LogP) is 3.19. The van der Waals surface area contributed by atoms with E-state index in [-0.39, 0.29) is 12.5 Å². The number of piperazine rings is 1. The van der Waals surface area contributed by atoms with E-state index in [4.69, 9.17) is 4.74 Å². The Bertz CT molecular complexity index is 1230. The summed E-state index contributed by atoms with van der Waals surface area (Å²) >= 11 is 1.22. The number of benzene rings is 1. The number of nitrogens with one attached hydrogen (secondary N) is 4. The van der Waals surface area contributed by atoms with Crippen LogP contribution in [0.2, 0.25) is 0 Å². The highest BCUT2D eigenvalue weighted by molar-refractivity contribution is 7.12. The van der Waals surface area contributed by atoms with Crippen molar-refractivity contribution in [1.29, 1.82) is 0 Å². The van der Waals surface area contributed by atoms with Gasteiger partial charge in [0.05, 0.1) is 24.2 Å². The molecule has 4 N–H and O–H groups in total. The van der Waals surface area contributed by atoms with Gasteiger partial charge in [-0.3, -0.25) is 19.9 Å². The number of pyridine rings is 1. The topological polar surface area (TPSA) is 138 Å². The zero-order valence-corrected chi connectivity index (χ0v) is 20.6. The SMILES string of the molecule is CCOC(=O)Nc1ccc(CNc2csc(C(=O)Nc3cnccc3N3CCNCC3)n2)c(C=O)c1. The second-order valence-electron chi connectivity index (χ2n) is 7.85. The van der Waals surface area contributed by atoms with Crippen LogP contribution in [0.4, 0.5) is 27.7 Å². The Morgan fingerprint density at radius 2 is 2.06 bits per heavy atom. The van der Waals surface area contributed by atoms with Gasteiger partial charge >= 0.3 is 6.09 Å². The van der Waals surface area contributed by atoms with E-state index in [0.717, 1.165) is 43.7 Å². The smallest absolute Gasteiger partial charge is 0.411 e. The molecule has 0 bridgehead atoms. The second kappa shape index (κ2) is 12.1. The van der Waals surface area contributed by atoms with Crippen LogP contribution in [-0.4, -0.2) is 61.0 Å². The number of hydrogen-bond acceptors (Lipinski definition) is 10. The van der Waals surface area contributed by atoms with Crippen molar-refractivity contribution in [3.8, 4) is 0 Å². The molecule has 1 fully saturated rings. The Hall–Kier alpha value is -4.03. The Morgan fingerprint density at radius 1 is 1.22 bits per heavy atom. The molecule has 12 heteroatoms. The van der Waals surface area contributed by atoms with Gasteiger partial charge in [0.1, 0.15) is 12.1 Å². The highest BCUT2D eigenvalue weighted by atomic mass is 32.1. The molecule has 4 rings (SSSR count). The maximum atomic E-state index is 12.9. The predicted molar refractivity (Wildman–Crippen MR) is 139 cm³/mol. The maximum Gasteiger partial charge on any atom is 0.411 e. The van der Waals surface area contributed by atoms with Crippen molar-refractivity contribution in [3.63, 3.8) is 0 Å². The Labute approximate surface area is 212 Å². The van der Waals surface area contributed by atoms with Crippen molar-refractivity contribution in [2.45, 2.75) is 13.5 Å². The van der Waals surface area contributed by atoms with Gasteiger partial charge in [0.25, 0.3) is 5.91 Å². The minimum atomic E-state index is -0.583. The highest BCUT2D eigenvalue weighted by Crippen LogP contribution is 2.26. The van der Waals surface area contributed by atoms with Crippen LogP contribution in [0.3, 0.4) is 0 Å². The van der Waals surface area contributed by atoms with Gasteiger partial charge in [-0.25, -0.2) is 9.78 Å². The van der Waals surface area contributed by atoms with E-state index >= 15 is 0 Å². The molecule has 1 saturated heterocycles. The molecule has 2 amide bonds. The molecule has 0 spiro atoms. The number of thiazole rings is 1. The monoisotopic (exact) mass is 509 g/mol. The molecule has 2 aromatic heterocycles. The number of carbonyl (C=O) groups excluding carboxylic acids is 3. The third-order valence-corrected chi connectivity index (χ3v) is 6.30. The van der Waals surface area contributed by atoms with Crippen LogP contribution in [0.1, 0.15) is 32.6 Å². The minimum Gasteiger partial charge on any atom is -0.450 e. The zero-order chi connectivity index (χ0) is 25.3. The fourth-order valence-electron chi connectivity index (χ4n) is 3.71. The summed E-state index contributed by atoms with van der Waals surface area (Å²) in [5, 5.41) is 14.0. The van der Waals surface area contributed by atoms with E-state index < -0.39 is 6.09 Å². The summed E-state index contributed by atoms with van der Waals surface area (Å²) in [5.74, 6) is 0.199. The summed E-state index contributed by atoms with van der Waals surface area (Å²) in [6, 6.07) is 6.89. The van der Waals surface area contributed by atoms with Gasteiger partial charge in [-0.05, 0) is 30.7 Å². The minimum absolute atomic E-state index is 0.252. The summed E-state index contributed by atoms with van der Waals surface area (Å²) in [5.41, 5.74) is 3.16. The molecule has 0 saturated carbocycles. The standard InChI is InChI=1S/C24H27N7O4S/c1-2-35-24(34)28-18-4-3-16(17(11-18)14-32)12-27-21-15-36-23(30-21)22(33)29-19-13-26-6-5-20(19)31-9-7-25-8-10-31/h3-6,11,13-15,25,27H,2,7-10,12H2,1H3,(H,28,34)(H,29,33). The summed E-state index contributed by atoms with van der Waals surface area (Å²) < 4.78 is 4.85. The molecule has 0 atom stereocenters. The third kappa shape index (κ3) is 6.34. The molecular formula is C24H27N7O4S. The molecule has 0 unspecified atom stereocenters. The molecule has 0 radical (unpaired) electrons. The lowest BCUT2D eigenvalue weighted by Crippen LogP contribution is -2.43. The molecule has 0 aliphatic carbocycles. The lowest BCUT2D eigenvalue weighted by molar-refractivity contribution is 0.102. The number of hydrogen-bond donors (Lipinski definition) is 4. The number of anilines is 4. The zero-order valence-electron chi connectivity index (χ0n) is 19.7. The van der Waals surface area contributed by atoms with Crippen LogP contribution in [0.15, 0.2) is 42.0 Å². The van der Waals surface area contributed by atoms with Crippen LogP contribution < -0.4 is 26.2 Å². The van der Waals surface area contributed by atoms with E-state index in [9.17, 15) is 14.4 Å². The van der Waals surface area contributed by atoms with Crippen molar-refractivity contribution < 1.29 is 19.1 Å². The number of aldehydes is 1. The van der Waals surface area contributed by atoms with Crippen LogP contribution in [0.25, 0.3) is 0 Å². The van der Waals surface area contributed by atoms with E-state index in [0.29, 0.717) is 34.3 Å². The number of aromatic nitrogens is 2. The largest absolute Gasteiger partial charge is 0.450 e. The molecule has 3 heterocycles. The second-order valence-corrected chi connectivity index (χ2v) is 8.71. The average Bonchev–Trinajstić information content (AvgIpc) is 3.38. The molecule has 1 aromatic carbocycles. The molecule has 11 nitrogen and oxygen atoms in total. The lowest BCUT2D eigenvalue weighted by atomic mass is 10.1. The Kier molecular flexibility index (Phi) is 8.42. The maximum absolute atomic E-state index is 12.9. The van der Waals surface area contributed by atoms with E-state index in [1.807, 2.05) is 6.07 Å². The quantitative estimate of drug-likeness (QED) is 0.320. The fraction of sp³-hybridized carbons (Fsp3) is 0.292. The molecule has 1 aliphatic heterocycles. The fourth-order valence-corrected chi connectivity index (χ4v) is 4.38. The van der Waals surface area contributed by atoms with Crippen LogP contribution >= 0.6 is 11.3 Å². The van der Waals surface area contributed by atoms with E-state index in [1.54, 1.807) is 42.9 Å². The van der Waals surface area contributed by atoms with Gasteiger partial charge in [-0.2, -0.15) is 0 Å². The van der Waals surface area contributed by atoms with Crippen molar-refractivity contribution in [1.82, 2.24) is 15.3 Å². The number of nitrogens with zero attached hydrogens (tertiary/aromatic N) is 3. The van der Waals surface area contributed by atoms with Gasteiger partial charge in [0.2, 0.25) is 0 Å². The first-order valence-electron chi connectivity index (χ1n) is 11.5. The summed E-state index contributed by atoms with van der Waals surface area (Å²) in [4.78, 5) is 46.8. The number of ether oxygens (including phenoxy) is 1. The van der Waals surface area contributed by atoms with Gasteiger partial charge in [-0.15, -0.1) is 11.3 Å². The van der Waals surface area contributed by atoms with Gasteiger partial charge in [-0.1, -0.05) is 6.07 Å². The Balaban J connectivity index is 1.38. The van der Waals surface area contributed by atoms with Crippen LogP contribution in [0.5, 0.6) is 0 Å². The highest BCUT2D eigenvalue weighted by Gasteiger charge is 2.18. The first-order chi connectivity index (χ1) is 17.6. The van der Waals surface area contributed by atoms with Crippen molar-refractivity contribution in [3.05, 3.63) is 58.2 Å². The number of rotatable bonds is 9. The first kappa shape index (κ1) is 25.1. The van der Waals surface area contributed by atoms with Crippen molar-refractivity contribution in [2.24, 2.45) is 0 Å². The van der Waals surface area contributed by atoms with Gasteiger partial charge < -0.3 is 25.6 Å². The molecule has 36 heavy (non-hydrogen) atoms. The van der Waals surface area contributed by atoms with Gasteiger partial charge in [0, 0.05) is 55.6 Å². The lowest BCUT2D eigenvalue weighted by Gasteiger charge is -2.30. The van der Waals surface area contributed by atoms with Crippen molar-refractivity contribution >= 4 is 52.5 Å². The normalized spacial score (nSPS) is 13.1. The average molecular weight is 510 g/mol. The summed E-state index contributed by atoms with van der Waals surface area (Å²) in [6.45, 7) is 5.74. The molecule has 3 aromatic rings. The summed E-state index contributed by atoms with van der Waals surface area (Å²) in [6.07, 6.45) is 3.49. The molecule has 1 aliphatic rings. The van der Waals surface area contributed by atoms with Crippen LogP contribution in [0, 0.1) is 0 Å². The summed E-state index contributed by atoms with van der Waals surface area (Å²) in [7, 11) is 0. The number of carbonyl (C=O) groups is 3. The Morgan fingerprint density at radius 3 is 2.83 bits per heavy atom. The van der Waals surface area contributed by atoms with Gasteiger partial charge in [0.15, 0.2) is 5.01 Å².